The number of carbonyl (C=O) groups excluding carboxylic acids is 1. The molecule has 0 saturated carbocycles. The molecule has 2 nitrogen and oxygen atoms in total. The van der Waals surface area contributed by atoms with Crippen molar-refractivity contribution in [3.63, 3.8) is 0 Å². The number of likely N-dealkylation sites (tertiary alicyclic amines) is 1. The molecule has 3 aromatic carbocycles. The quantitative estimate of drug-likeness (QED) is 0.627. The van der Waals surface area contributed by atoms with Gasteiger partial charge in [-0.2, -0.15) is 0 Å². The topological polar surface area (TPSA) is 20.3 Å². The average Bonchev–Trinajstić information content (AvgIpc) is 2.67. The lowest BCUT2D eigenvalue weighted by atomic mass is 9.92. The lowest BCUT2D eigenvalue weighted by Crippen LogP contribution is -2.51. The minimum absolute atomic E-state index is 0.0165. The number of hydrogen-bond acceptors (Lipinski definition) is 2. The zero-order valence-corrected chi connectivity index (χ0v) is 14.1. The Morgan fingerprint density at radius 3 is 2.00 bits per heavy atom. The molecule has 0 bridgehead atoms. The molecule has 3 aromatic rings. The maximum absolute atomic E-state index is 12.8. The first-order valence-corrected chi connectivity index (χ1v) is 8.79. The van der Waals surface area contributed by atoms with Crippen molar-refractivity contribution < 1.29 is 4.79 Å². The van der Waals surface area contributed by atoms with E-state index < -0.39 is 0 Å². The molecule has 0 N–H and O–H groups in total. The number of carbonyl (C=O) groups is 1. The lowest BCUT2D eigenvalue weighted by Gasteiger charge is -2.40. The summed E-state index contributed by atoms with van der Waals surface area (Å²) in [5.41, 5.74) is 4.39. The molecule has 1 aliphatic heterocycles. The highest BCUT2D eigenvalue weighted by molar-refractivity contribution is 6.01. The van der Waals surface area contributed by atoms with Crippen LogP contribution in [-0.2, 0) is 6.54 Å². The van der Waals surface area contributed by atoms with Gasteiger partial charge in [-0.15, -0.1) is 0 Å². The van der Waals surface area contributed by atoms with Crippen LogP contribution in [0.25, 0.3) is 11.1 Å². The van der Waals surface area contributed by atoms with Crippen molar-refractivity contribution in [1.82, 2.24) is 4.90 Å². The van der Waals surface area contributed by atoms with Gasteiger partial charge in [-0.1, -0.05) is 84.9 Å². The molecule has 4 rings (SSSR count). The molecule has 1 saturated heterocycles. The van der Waals surface area contributed by atoms with Crippen LogP contribution in [-0.4, -0.2) is 23.3 Å². The van der Waals surface area contributed by atoms with E-state index in [0.29, 0.717) is 0 Å². The fourth-order valence-corrected chi connectivity index (χ4v) is 3.39. The number of benzene rings is 3. The SMILES string of the molecule is O=C(c1ccc(-c2ccccc2)cc1)C1CCN1Cc1ccccc1. The lowest BCUT2D eigenvalue weighted by molar-refractivity contribution is 0.0542. The van der Waals surface area contributed by atoms with Gasteiger partial charge in [0.05, 0.1) is 6.04 Å². The molecule has 25 heavy (non-hydrogen) atoms. The summed E-state index contributed by atoms with van der Waals surface area (Å²) in [6, 6.07) is 28.6. The van der Waals surface area contributed by atoms with Crippen LogP contribution in [0.4, 0.5) is 0 Å². The Bertz CT molecular complexity index is 840. The molecule has 1 fully saturated rings. The van der Waals surface area contributed by atoms with Crippen molar-refractivity contribution in [2.24, 2.45) is 0 Å². The van der Waals surface area contributed by atoms with E-state index >= 15 is 0 Å². The maximum Gasteiger partial charge on any atom is 0.180 e. The maximum atomic E-state index is 12.8. The van der Waals surface area contributed by atoms with Crippen molar-refractivity contribution in [3.8, 4) is 11.1 Å². The third-order valence-corrected chi connectivity index (χ3v) is 4.94. The first kappa shape index (κ1) is 15.8. The molecule has 124 valence electrons. The summed E-state index contributed by atoms with van der Waals surface area (Å²) < 4.78 is 0. The number of ketones is 1. The van der Waals surface area contributed by atoms with Crippen LogP contribution in [0.15, 0.2) is 84.9 Å². The van der Waals surface area contributed by atoms with E-state index in [1.54, 1.807) is 0 Å². The summed E-state index contributed by atoms with van der Waals surface area (Å²) in [7, 11) is 0. The summed E-state index contributed by atoms with van der Waals surface area (Å²) in [4.78, 5) is 15.1. The molecule has 0 radical (unpaired) electrons. The van der Waals surface area contributed by atoms with Crippen LogP contribution in [0.2, 0.25) is 0 Å². The van der Waals surface area contributed by atoms with Gasteiger partial charge in [-0.3, -0.25) is 9.69 Å². The monoisotopic (exact) mass is 327 g/mol. The highest BCUT2D eigenvalue weighted by Gasteiger charge is 2.34. The van der Waals surface area contributed by atoms with Crippen molar-refractivity contribution in [2.45, 2.75) is 19.0 Å². The minimum atomic E-state index is 0.0165. The van der Waals surface area contributed by atoms with Gasteiger partial charge in [-0.05, 0) is 23.1 Å². The number of Topliss-reactive ketones (excluding diaryl/α,β-unsaturated/α-hetero) is 1. The second-order valence-corrected chi connectivity index (χ2v) is 6.57. The molecular weight excluding hydrogens is 306 g/mol. The molecule has 1 heterocycles. The van der Waals surface area contributed by atoms with Gasteiger partial charge in [0.25, 0.3) is 0 Å². The van der Waals surface area contributed by atoms with Crippen LogP contribution in [0.3, 0.4) is 0 Å². The minimum Gasteiger partial charge on any atom is -0.292 e. The summed E-state index contributed by atoms with van der Waals surface area (Å²) in [6.07, 6.45) is 0.950. The van der Waals surface area contributed by atoms with E-state index in [9.17, 15) is 4.79 Å². The molecule has 0 aromatic heterocycles. The highest BCUT2D eigenvalue weighted by atomic mass is 16.1. The predicted octanol–water partition coefficient (Wildman–Crippen LogP) is 4.81. The third-order valence-electron chi connectivity index (χ3n) is 4.94. The molecular formula is C23H21NO. The zero-order valence-electron chi connectivity index (χ0n) is 14.1. The first-order chi connectivity index (χ1) is 12.3. The van der Waals surface area contributed by atoms with Crippen molar-refractivity contribution in [2.75, 3.05) is 6.54 Å². The molecule has 1 unspecified atom stereocenters. The Morgan fingerprint density at radius 2 is 1.40 bits per heavy atom. The van der Waals surface area contributed by atoms with E-state index in [1.807, 2.05) is 60.7 Å². The normalized spacial score (nSPS) is 17.0. The summed E-state index contributed by atoms with van der Waals surface area (Å²) in [6.45, 7) is 1.84. The molecule has 2 heteroatoms. The smallest absolute Gasteiger partial charge is 0.180 e. The van der Waals surface area contributed by atoms with Gasteiger partial charge in [0.2, 0.25) is 0 Å². The standard InChI is InChI=1S/C23H21NO/c25-23(22-15-16-24(22)17-18-7-3-1-4-8-18)21-13-11-20(12-14-21)19-9-5-2-6-10-19/h1-14,22H,15-17H2. The fourth-order valence-electron chi connectivity index (χ4n) is 3.39. The third kappa shape index (κ3) is 3.40. The van der Waals surface area contributed by atoms with Crippen LogP contribution >= 0.6 is 0 Å². The fraction of sp³-hybridized carbons (Fsp3) is 0.174. The summed E-state index contributed by atoms with van der Waals surface area (Å²) in [5.74, 6) is 0.238. The van der Waals surface area contributed by atoms with Gasteiger partial charge in [0.1, 0.15) is 0 Å². The average molecular weight is 327 g/mol. The second-order valence-electron chi connectivity index (χ2n) is 6.57. The second kappa shape index (κ2) is 7.04. The molecule has 0 amide bonds. The molecule has 1 atom stereocenters. The van der Waals surface area contributed by atoms with E-state index in [4.69, 9.17) is 0 Å². The van der Waals surface area contributed by atoms with Crippen LogP contribution in [0, 0.1) is 0 Å². The Morgan fingerprint density at radius 1 is 0.800 bits per heavy atom. The van der Waals surface area contributed by atoms with E-state index in [2.05, 4.69) is 29.2 Å². The van der Waals surface area contributed by atoms with E-state index in [0.717, 1.165) is 30.6 Å². The number of rotatable bonds is 5. The van der Waals surface area contributed by atoms with E-state index in [1.165, 1.54) is 11.1 Å². The van der Waals surface area contributed by atoms with Crippen LogP contribution < -0.4 is 0 Å². The van der Waals surface area contributed by atoms with Gasteiger partial charge >= 0.3 is 0 Å². The zero-order chi connectivity index (χ0) is 17.1. The number of nitrogens with zero attached hydrogens (tertiary/aromatic N) is 1. The first-order valence-electron chi connectivity index (χ1n) is 8.79. The van der Waals surface area contributed by atoms with Crippen molar-refractivity contribution in [3.05, 3.63) is 96.1 Å². The highest BCUT2D eigenvalue weighted by Crippen LogP contribution is 2.25. The Hall–Kier alpha value is -2.71. The largest absolute Gasteiger partial charge is 0.292 e. The summed E-state index contributed by atoms with van der Waals surface area (Å²) >= 11 is 0. The molecule has 0 spiro atoms. The van der Waals surface area contributed by atoms with Crippen LogP contribution in [0.5, 0.6) is 0 Å². The molecule has 1 aliphatic rings. The van der Waals surface area contributed by atoms with Crippen LogP contribution in [0.1, 0.15) is 22.3 Å². The van der Waals surface area contributed by atoms with Gasteiger partial charge in [0, 0.05) is 18.7 Å². The predicted molar refractivity (Wildman–Crippen MR) is 101 cm³/mol. The van der Waals surface area contributed by atoms with Gasteiger partial charge in [-0.25, -0.2) is 0 Å². The van der Waals surface area contributed by atoms with Crippen molar-refractivity contribution in [1.29, 1.82) is 0 Å². The Balaban J connectivity index is 1.46. The molecule has 0 aliphatic carbocycles. The number of hydrogen-bond donors (Lipinski definition) is 0. The van der Waals surface area contributed by atoms with Crippen molar-refractivity contribution >= 4 is 5.78 Å². The Kier molecular flexibility index (Phi) is 4.45. The van der Waals surface area contributed by atoms with E-state index in [-0.39, 0.29) is 11.8 Å². The van der Waals surface area contributed by atoms with Gasteiger partial charge < -0.3 is 0 Å². The van der Waals surface area contributed by atoms with Gasteiger partial charge in [0.15, 0.2) is 5.78 Å². The Labute approximate surface area is 148 Å². The summed E-state index contributed by atoms with van der Waals surface area (Å²) in [5, 5.41) is 0.